The molecule has 0 radical (unpaired) electrons. The highest BCUT2D eigenvalue weighted by atomic mass is 16.2. The number of aryl methyl sites for hydroxylation is 2. The number of amides is 2. The number of aromatic nitrogens is 2. The summed E-state index contributed by atoms with van der Waals surface area (Å²) in [6, 6.07) is 19.6. The van der Waals surface area contributed by atoms with E-state index < -0.39 is 0 Å². The number of nitrogens with zero attached hydrogens (tertiary/aromatic N) is 4. The Labute approximate surface area is 170 Å². The van der Waals surface area contributed by atoms with Gasteiger partial charge >= 0.3 is 0 Å². The van der Waals surface area contributed by atoms with Gasteiger partial charge in [-0.05, 0) is 37.1 Å². The molecule has 2 amide bonds. The Balaban J connectivity index is 1.65. The molecule has 1 unspecified atom stereocenters. The highest BCUT2D eigenvalue weighted by Crippen LogP contribution is 2.24. The minimum Gasteiger partial charge on any atom is -0.323 e. The van der Waals surface area contributed by atoms with Crippen molar-refractivity contribution in [1.29, 1.82) is 0 Å². The van der Waals surface area contributed by atoms with Gasteiger partial charge in [-0.3, -0.25) is 14.3 Å². The predicted octanol–water partition coefficient (Wildman–Crippen LogP) is 2.83. The monoisotopic (exact) mass is 388 g/mol. The molecule has 2 aromatic carbocycles. The average Bonchev–Trinajstić information content (AvgIpc) is 3.16. The molecule has 0 N–H and O–H groups in total. The fourth-order valence-corrected chi connectivity index (χ4v) is 3.77. The van der Waals surface area contributed by atoms with E-state index >= 15 is 0 Å². The van der Waals surface area contributed by atoms with E-state index in [1.807, 2.05) is 49.4 Å². The van der Waals surface area contributed by atoms with Crippen LogP contribution in [0.5, 0.6) is 0 Å². The van der Waals surface area contributed by atoms with Crippen molar-refractivity contribution in [3.05, 3.63) is 83.7 Å². The van der Waals surface area contributed by atoms with Gasteiger partial charge < -0.3 is 9.80 Å². The maximum absolute atomic E-state index is 13.2. The van der Waals surface area contributed by atoms with E-state index in [0.29, 0.717) is 18.7 Å². The van der Waals surface area contributed by atoms with Crippen molar-refractivity contribution in [2.75, 3.05) is 18.0 Å². The first-order valence-electron chi connectivity index (χ1n) is 9.73. The Morgan fingerprint density at radius 2 is 1.79 bits per heavy atom. The molecule has 2 heterocycles. The lowest BCUT2D eigenvalue weighted by Gasteiger charge is -2.41. The quantitative estimate of drug-likeness (QED) is 0.691. The smallest absolute Gasteiger partial charge is 0.272 e. The second kappa shape index (κ2) is 7.91. The Morgan fingerprint density at radius 1 is 1.07 bits per heavy atom. The number of rotatable bonds is 4. The number of benzene rings is 2. The fraction of sp³-hybridized carbons (Fsp3) is 0.261. The molecule has 4 rings (SSSR count). The van der Waals surface area contributed by atoms with E-state index in [1.165, 1.54) is 0 Å². The zero-order valence-corrected chi connectivity index (χ0v) is 16.7. The lowest BCUT2D eigenvalue weighted by molar-refractivity contribution is -0.121. The van der Waals surface area contributed by atoms with Gasteiger partial charge in [-0.25, -0.2) is 0 Å². The van der Waals surface area contributed by atoms with Crippen LogP contribution in [0.1, 0.15) is 21.6 Å². The maximum Gasteiger partial charge on any atom is 0.272 e. The number of anilines is 1. The Bertz CT molecular complexity index is 1010. The van der Waals surface area contributed by atoms with Crippen molar-refractivity contribution in [2.24, 2.45) is 7.05 Å². The van der Waals surface area contributed by atoms with Crippen LogP contribution in [0.4, 0.5) is 5.69 Å². The molecule has 0 saturated carbocycles. The van der Waals surface area contributed by atoms with E-state index in [9.17, 15) is 9.59 Å². The number of carbonyl (C=O) groups is 2. The minimum absolute atomic E-state index is 0.0510. The molecule has 0 aliphatic carbocycles. The molecular weight excluding hydrogens is 364 g/mol. The summed E-state index contributed by atoms with van der Waals surface area (Å²) in [6.07, 6.45) is 2.28. The van der Waals surface area contributed by atoms with Crippen LogP contribution in [0, 0.1) is 6.92 Å². The number of piperazine rings is 1. The normalized spacial score (nSPS) is 16.9. The molecule has 1 fully saturated rings. The van der Waals surface area contributed by atoms with Gasteiger partial charge in [-0.2, -0.15) is 5.10 Å². The molecule has 0 bridgehead atoms. The summed E-state index contributed by atoms with van der Waals surface area (Å²) in [5.41, 5.74) is 3.64. The fourth-order valence-electron chi connectivity index (χ4n) is 3.77. The maximum atomic E-state index is 13.2. The third-order valence-electron chi connectivity index (χ3n) is 5.40. The van der Waals surface area contributed by atoms with E-state index in [0.717, 1.165) is 16.8 Å². The first-order chi connectivity index (χ1) is 14.0. The van der Waals surface area contributed by atoms with Crippen LogP contribution in [0.2, 0.25) is 0 Å². The van der Waals surface area contributed by atoms with Crippen LogP contribution in [0.15, 0.2) is 66.9 Å². The largest absolute Gasteiger partial charge is 0.323 e. The van der Waals surface area contributed by atoms with Crippen molar-refractivity contribution >= 4 is 17.5 Å². The summed E-state index contributed by atoms with van der Waals surface area (Å²) in [4.78, 5) is 29.6. The standard InChI is InChI=1S/C23H24N4O2/c1-17-8-10-19(11-9-17)26-15-20(14-18-6-4-3-5-7-18)27(16-22(26)28)23(29)21-12-13-24-25(21)2/h3-13,20H,14-16H2,1-2H3. The summed E-state index contributed by atoms with van der Waals surface area (Å²) in [5.74, 6) is -0.239. The molecule has 1 saturated heterocycles. The third kappa shape index (κ3) is 3.92. The summed E-state index contributed by atoms with van der Waals surface area (Å²) >= 11 is 0. The molecule has 3 aromatic rings. The van der Waals surface area contributed by atoms with Crippen LogP contribution in [-0.2, 0) is 18.3 Å². The van der Waals surface area contributed by atoms with Gasteiger partial charge in [0.05, 0.1) is 6.04 Å². The van der Waals surface area contributed by atoms with E-state index in [1.54, 1.807) is 33.8 Å². The molecule has 0 spiro atoms. The Hall–Kier alpha value is -3.41. The Morgan fingerprint density at radius 3 is 2.45 bits per heavy atom. The number of carbonyl (C=O) groups excluding carboxylic acids is 2. The second-order valence-electron chi connectivity index (χ2n) is 7.46. The summed E-state index contributed by atoms with van der Waals surface area (Å²) in [5, 5.41) is 4.11. The lowest BCUT2D eigenvalue weighted by Crippen LogP contribution is -2.59. The summed E-state index contributed by atoms with van der Waals surface area (Å²) < 4.78 is 1.55. The average molecular weight is 388 g/mol. The van der Waals surface area contributed by atoms with Gasteiger partial charge in [-0.15, -0.1) is 0 Å². The van der Waals surface area contributed by atoms with Crippen LogP contribution in [-0.4, -0.2) is 45.6 Å². The predicted molar refractivity (Wildman–Crippen MR) is 112 cm³/mol. The zero-order valence-electron chi connectivity index (χ0n) is 16.7. The van der Waals surface area contributed by atoms with Crippen LogP contribution < -0.4 is 4.90 Å². The molecule has 1 aromatic heterocycles. The molecule has 148 valence electrons. The van der Waals surface area contributed by atoms with Gasteiger partial charge in [0.15, 0.2) is 0 Å². The van der Waals surface area contributed by atoms with Gasteiger partial charge in [0.2, 0.25) is 5.91 Å². The highest BCUT2D eigenvalue weighted by Gasteiger charge is 2.36. The summed E-state index contributed by atoms with van der Waals surface area (Å²) in [6.45, 7) is 2.53. The molecule has 6 heteroatoms. The first kappa shape index (κ1) is 18.9. The van der Waals surface area contributed by atoms with Crippen molar-refractivity contribution in [1.82, 2.24) is 14.7 Å². The minimum atomic E-state index is -0.164. The second-order valence-corrected chi connectivity index (χ2v) is 7.46. The molecule has 1 aliphatic heterocycles. The van der Waals surface area contributed by atoms with E-state index in [2.05, 4.69) is 17.2 Å². The van der Waals surface area contributed by atoms with Gasteiger partial charge in [-0.1, -0.05) is 48.0 Å². The lowest BCUT2D eigenvalue weighted by atomic mass is 10.0. The van der Waals surface area contributed by atoms with Crippen LogP contribution in [0.3, 0.4) is 0 Å². The van der Waals surface area contributed by atoms with Crippen LogP contribution >= 0.6 is 0 Å². The van der Waals surface area contributed by atoms with E-state index in [-0.39, 0.29) is 24.4 Å². The number of hydrogen-bond donors (Lipinski definition) is 0. The molecule has 6 nitrogen and oxygen atoms in total. The Kier molecular flexibility index (Phi) is 5.16. The first-order valence-corrected chi connectivity index (χ1v) is 9.73. The van der Waals surface area contributed by atoms with Crippen molar-refractivity contribution in [3.8, 4) is 0 Å². The van der Waals surface area contributed by atoms with E-state index in [4.69, 9.17) is 0 Å². The van der Waals surface area contributed by atoms with Gasteiger partial charge in [0.25, 0.3) is 5.91 Å². The molecular formula is C23H24N4O2. The van der Waals surface area contributed by atoms with Crippen molar-refractivity contribution in [3.63, 3.8) is 0 Å². The summed E-state index contributed by atoms with van der Waals surface area (Å²) in [7, 11) is 1.74. The van der Waals surface area contributed by atoms with Crippen molar-refractivity contribution in [2.45, 2.75) is 19.4 Å². The molecule has 1 aliphatic rings. The van der Waals surface area contributed by atoms with Gasteiger partial charge in [0.1, 0.15) is 12.2 Å². The zero-order chi connectivity index (χ0) is 20.4. The SMILES string of the molecule is Cc1ccc(N2CC(Cc3ccccc3)N(C(=O)c3ccnn3C)CC2=O)cc1. The third-order valence-corrected chi connectivity index (χ3v) is 5.40. The van der Waals surface area contributed by atoms with Gasteiger partial charge in [0, 0.05) is 25.5 Å². The molecule has 29 heavy (non-hydrogen) atoms. The topological polar surface area (TPSA) is 58.4 Å². The number of hydrogen-bond acceptors (Lipinski definition) is 3. The van der Waals surface area contributed by atoms with Crippen LogP contribution in [0.25, 0.3) is 0 Å². The van der Waals surface area contributed by atoms with Crippen molar-refractivity contribution < 1.29 is 9.59 Å². The highest BCUT2D eigenvalue weighted by molar-refractivity contribution is 6.01. The molecule has 1 atom stereocenters.